The van der Waals surface area contributed by atoms with Gasteiger partial charge in [-0.25, -0.2) is 4.98 Å². The molecule has 20 heavy (non-hydrogen) atoms. The van der Waals surface area contributed by atoms with Crippen LogP contribution < -0.4 is 0 Å². The van der Waals surface area contributed by atoms with Gasteiger partial charge in [-0.2, -0.15) is 10.4 Å². The summed E-state index contributed by atoms with van der Waals surface area (Å²) in [5.41, 5.74) is 3.07. The molecule has 3 rings (SSSR count). The summed E-state index contributed by atoms with van der Waals surface area (Å²) in [4.78, 5) is 7.40. The molecule has 0 radical (unpaired) electrons. The van der Waals surface area contributed by atoms with Gasteiger partial charge in [-0.1, -0.05) is 0 Å². The number of H-pyrrole nitrogens is 1. The van der Waals surface area contributed by atoms with Gasteiger partial charge in [0.1, 0.15) is 5.65 Å². The lowest BCUT2D eigenvalue weighted by Gasteiger charge is -2.09. The first kappa shape index (κ1) is 12.4. The van der Waals surface area contributed by atoms with Crippen molar-refractivity contribution in [3.05, 3.63) is 36.9 Å². The zero-order valence-corrected chi connectivity index (χ0v) is 11.2. The molecule has 0 bridgehead atoms. The number of nitriles is 1. The van der Waals surface area contributed by atoms with E-state index in [0.29, 0.717) is 6.42 Å². The largest absolute Gasteiger partial charge is 0.346 e. The Balaban J connectivity index is 1.94. The van der Waals surface area contributed by atoms with Gasteiger partial charge in [0.2, 0.25) is 0 Å². The van der Waals surface area contributed by atoms with E-state index in [1.165, 1.54) is 0 Å². The number of fused-ring (bicyclic) bond motifs is 1. The molecule has 0 amide bonds. The highest BCUT2D eigenvalue weighted by Gasteiger charge is 2.10. The quantitative estimate of drug-likeness (QED) is 0.786. The number of nitrogens with one attached hydrogen (secondary N) is 1. The third-order valence-electron chi connectivity index (χ3n) is 3.50. The number of hydrogen-bond acceptors (Lipinski definition) is 3. The summed E-state index contributed by atoms with van der Waals surface area (Å²) in [6, 6.07) is 6.42. The Morgan fingerprint density at radius 1 is 1.45 bits per heavy atom. The SMILES string of the molecule is CC(CCC#N)n1cc(-c2ccnc3[nH]ccc23)cn1. The van der Waals surface area contributed by atoms with Crippen LogP contribution in [-0.2, 0) is 0 Å². The minimum Gasteiger partial charge on any atom is -0.346 e. The van der Waals surface area contributed by atoms with Gasteiger partial charge in [0.05, 0.1) is 18.3 Å². The first-order chi connectivity index (χ1) is 9.79. The Morgan fingerprint density at radius 3 is 3.20 bits per heavy atom. The molecular formula is C15H15N5. The van der Waals surface area contributed by atoms with Gasteiger partial charge in [0.15, 0.2) is 0 Å². The van der Waals surface area contributed by atoms with E-state index in [4.69, 9.17) is 5.26 Å². The van der Waals surface area contributed by atoms with Gasteiger partial charge in [-0.15, -0.1) is 0 Å². The summed E-state index contributed by atoms with van der Waals surface area (Å²) in [6.45, 7) is 2.08. The Morgan fingerprint density at radius 2 is 2.35 bits per heavy atom. The van der Waals surface area contributed by atoms with Crippen LogP contribution in [0.4, 0.5) is 0 Å². The van der Waals surface area contributed by atoms with Crippen molar-refractivity contribution >= 4 is 11.0 Å². The van der Waals surface area contributed by atoms with Crippen molar-refractivity contribution in [1.82, 2.24) is 19.7 Å². The van der Waals surface area contributed by atoms with Crippen LogP contribution in [0.25, 0.3) is 22.2 Å². The normalized spacial score (nSPS) is 12.4. The van der Waals surface area contributed by atoms with E-state index in [1.54, 1.807) is 6.20 Å². The second-order valence-corrected chi connectivity index (χ2v) is 4.85. The number of aromatic amines is 1. The summed E-state index contributed by atoms with van der Waals surface area (Å²) >= 11 is 0. The topological polar surface area (TPSA) is 70.3 Å². The fraction of sp³-hybridized carbons (Fsp3) is 0.267. The van der Waals surface area contributed by atoms with Crippen molar-refractivity contribution in [2.75, 3.05) is 0 Å². The molecule has 3 heterocycles. The second kappa shape index (κ2) is 5.17. The van der Waals surface area contributed by atoms with Crippen LogP contribution in [0.2, 0.25) is 0 Å². The fourth-order valence-corrected chi connectivity index (χ4v) is 2.34. The minimum atomic E-state index is 0.229. The average Bonchev–Trinajstić information content (AvgIpc) is 3.12. The molecule has 1 unspecified atom stereocenters. The minimum absolute atomic E-state index is 0.229. The van der Waals surface area contributed by atoms with Crippen LogP contribution in [0.5, 0.6) is 0 Å². The van der Waals surface area contributed by atoms with Crippen LogP contribution >= 0.6 is 0 Å². The van der Waals surface area contributed by atoms with Gasteiger partial charge in [0.25, 0.3) is 0 Å². The van der Waals surface area contributed by atoms with Crippen molar-refractivity contribution in [2.45, 2.75) is 25.8 Å². The Hall–Kier alpha value is -2.61. The van der Waals surface area contributed by atoms with E-state index in [2.05, 4.69) is 28.1 Å². The molecule has 1 atom stereocenters. The first-order valence-electron chi connectivity index (χ1n) is 6.63. The van der Waals surface area contributed by atoms with E-state index in [0.717, 1.165) is 28.6 Å². The lowest BCUT2D eigenvalue weighted by molar-refractivity contribution is 0.465. The maximum Gasteiger partial charge on any atom is 0.137 e. The van der Waals surface area contributed by atoms with E-state index < -0.39 is 0 Å². The Bertz CT molecular complexity index is 762. The molecule has 0 spiro atoms. The summed E-state index contributed by atoms with van der Waals surface area (Å²) in [5.74, 6) is 0. The van der Waals surface area contributed by atoms with Crippen LogP contribution in [0.3, 0.4) is 0 Å². The highest BCUT2D eigenvalue weighted by molar-refractivity contribution is 5.92. The van der Waals surface area contributed by atoms with Gasteiger partial charge >= 0.3 is 0 Å². The molecule has 1 N–H and O–H groups in total. The number of hydrogen-bond donors (Lipinski definition) is 1. The molecule has 0 fully saturated rings. The summed E-state index contributed by atoms with van der Waals surface area (Å²) in [5, 5.41) is 14.2. The fourth-order valence-electron chi connectivity index (χ4n) is 2.34. The molecule has 0 aliphatic heterocycles. The van der Waals surface area contributed by atoms with Gasteiger partial charge in [-0.3, -0.25) is 4.68 Å². The summed E-state index contributed by atoms with van der Waals surface area (Å²) in [6.07, 6.45) is 8.95. The lowest BCUT2D eigenvalue weighted by atomic mass is 10.1. The number of nitrogens with zero attached hydrogens (tertiary/aromatic N) is 4. The average molecular weight is 265 g/mol. The van der Waals surface area contributed by atoms with Gasteiger partial charge < -0.3 is 4.98 Å². The van der Waals surface area contributed by atoms with Crippen LogP contribution in [0.15, 0.2) is 36.9 Å². The summed E-state index contributed by atoms with van der Waals surface area (Å²) in [7, 11) is 0. The molecular weight excluding hydrogens is 250 g/mol. The highest BCUT2D eigenvalue weighted by atomic mass is 15.3. The molecule has 3 aromatic heterocycles. The monoisotopic (exact) mass is 265 g/mol. The molecule has 0 aromatic carbocycles. The van der Waals surface area contributed by atoms with Crippen molar-refractivity contribution < 1.29 is 0 Å². The Kier molecular flexibility index (Phi) is 3.21. The molecule has 0 aliphatic carbocycles. The molecule has 0 saturated carbocycles. The smallest absolute Gasteiger partial charge is 0.137 e. The molecule has 3 aromatic rings. The van der Waals surface area contributed by atoms with Crippen molar-refractivity contribution in [3.63, 3.8) is 0 Å². The highest BCUT2D eigenvalue weighted by Crippen LogP contribution is 2.27. The third-order valence-corrected chi connectivity index (χ3v) is 3.50. The van der Waals surface area contributed by atoms with E-state index in [1.807, 2.05) is 35.4 Å². The zero-order valence-electron chi connectivity index (χ0n) is 11.2. The second-order valence-electron chi connectivity index (χ2n) is 4.85. The maximum absolute atomic E-state index is 8.65. The maximum atomic E-state index is 8.65. The van der Waals surface area contributed by atoms with Crippen LogP contribution in [-0.4, -0.2) is 19.7 Å². The zero-order chi connectivity index (χ0) is 13.9. The third kappa shape index (κ3) is 2.16. The molecule has 0 aliphatic rings. The van der Waals surface area contributed by atoms with Gasteiger partial charge in [-0.05, 0) is 31.0 Å². The summed E-state index contributed by atoms with van der Waals surface area (Å²) < 4.78 is 1.92. The predicted molar refractivity (Wildman–Crippen MR) is 76.9 cm³/mol. The number of pyridine rings is 1. The first-order valence-corrected chi connectivity index (χ1v) is 6.63. The molecule has 5 nitrogen and oxygen atoms in total. The van der Waals surface area contributed by atoms with E-state index in [9.17, 15) is 0 Å². The molecule has 0 saturated heterocycles. The van der Waals surface area contributed by atoms with E-state index >= 15 is 0 Å². The Labute approximate surface area is 116 Å². The van der Waals surface area contributed by atoms with Crippen molar-refractivity contribution in [3.8, 4) is 17.2 Å². The van der Waals surface area contributed by atoms with Crippen molar-refractivity contribution in [1.29, 1.82) is 5.26 Å². The lowest BCUT2D eigenvalue weighted by Crippen LogP contribution is -2.04. The number of rotatable bonds is 4. The van der Waals surface area contributed by atoms with Crippen LogP contribution in [0, 0.1) is 11.3 Å². The van der Waals surface area contributed by atoms with Crippen molar-refractivity contribution in [2.24, 2.45) is 0 Å². The van der Waals surface area contributed by atoms with Crippen LogP contribution in [0.1, 0.15) is 25.8 Å². The van der Waals surface area contributed by atoms with E-state index in [-0.39, 0.29) is 6.04 Å². The molecule has 5 heteroatoms. The number of aromatic nitrogens is 4. The predicted octanol–water partition coefficient (Wildman–Crippen LogP) is 3.29. The standard InChI is InChI=1S/C15H15N5/c1-11(3-2-6-16)20-10-12(9-19-20)13-4-7-17-15-14(13)5-8-18-15/h4-5,7-11H,2-3H2,1H3,(H,17,18). The van der Waals surface area contributed by atoms with Gasteiger partial charge in [0, 0.05) is 36.0 Å². The molecule has 100 valence electrons.